The van der Waals surface area contributed by atoms with Crippen molar-refractivity contribution < 1.29 is 9.53 Å². The van der Waals surface area contributed by atoms with E-state index in [1.165, 1.54) is 0 Å². The van der Waals surface area contributed by atoms with E-state index in [-0.39, 0.29) is 17.4 Å². The molecule has 0 unspecified atom stereocenters. The van der Waals surface area contributed by atoms with Crippen LogP contribution in [0.1, 0.15) is 26.7 Å². The Morgan fingerprint density at radius 2 is 2.06 bits per heavy atom. The van der Waals surface area contributed by atoms with Gasteiger partial charge in [0, 0.05) is 19.0 Å². The van der Waals surface area contributed by atoms with E-state index in [1.807, 2.05) is 18.7 Å². The molecule has 2 aliphatic rings. The van der Waals surface area contributed by atoms with Crippen LogP contribution in [0.4, 0.5) is 0 Å². The van der Waals surface area contributed by atoms with Gasteiger partial charge in [0.1, 0.15) is 0 Å². The lowest BCUT2D eigenvalue weighted by atomic mass is 9.90. The molecule has 2 fully saturated rings. The highest BCUT2D eigenvalue weighted by Crippen LogP contribution is 2.28. The number of rotatable bonds is 1. The molecule has 1 N–H and O–H groups in total. The first kappa shape index (κ1) is 11.9. The van der Waals surface area contributed by atoms with E-state index in [9.17, 15) is 4.79 Å². The van der Waals surface area contributed by atoms with Gasteiger partial charge in [-0.25, -0.2) is 0 Å². The summed E-state index contributed by atoms with van der Waals surface area (Å²) in [5.41, 5.74) is -0.0615. The second-order valence-electron chi connectivity index (χ2n) is 5.20. The molecule has 0 aromatic rings. The van der Waals surface area contributed by atoms with Gasteiger partial charge < -0.3 is 15.0 Å². The topological polar surface area (TPSA) is 41.6 Å². The van der Waals surface area contributed by atoms with Crippen LogP contribution in [-0.2, 0) is 9.53 Å². The molecule has 0 atom stereocenters. The molecule has 2 heterocycles. The second kappa shape index (κ2) is 4.72. The lowest BCUT2D eigenvalue weighted by Gasteiger charge is -2.45. The van der Waals surface area contributed by atoms with Crippen molar-refractivity contribution in [3.05, 3.63) is 0 Å². The fourth-order valence-electron chi connectivity index (χ4n) is 2.58. The monoisotopic (exact) mass is 226 g/mol. The van der Waals surface area contributed by atoms with Gasteiger partial charge in [-0.3, -0.25) is 4.79 Å². The molecule has 1 amide bonds. The number of carbonyl (C=O) groups is 1. The summed E-state index contributed by atoms with van der Waals surface area (Å²) < 4.78 is 5.93. The van der Waals surface area contributed by atoms with E-state index in [4.69, 9.17) is 4.74 Å². The summed E-state index contributed by atoms with van der Waals surface area (Å²) in [7, 11) is 0. The minimum atomic E-state index is -0.0615. The number of ether oxygens (including phenoxy) is 1. The van der Waals surface area contributed by atoms with E-state index in [0.29, 0.717) is 6.61 Å². The van der Waals surface area contributed by atoms with Gasteiger partial charge in [0.05, 0.1) is 12.2 Å². The molecule has 4 heteroatoms. The normalized spacial score (nSPS) is 25.1. The molecule has 0 aliphatic carbocycles. The maximum atomic E-state index is 12.0. The standard InChI is InChI=1S/C12H22N2O2/c1-10(2)11(15)14-7-8-16-12(9-14)3-5-13-6-4-12/h10,13H,3-9H2,1-2H3. The Kier molecular flexibility index (Phi) is 3.50. The molecule has 2 aliphatic heterocycles. The van der Waals surface area contributed by atoms with Crippen molar-refractivity contribution in [1.82, 2.24) is 10.2 Å². The minimum Gasteiger partial charge on any atom is -0.371 e. The maximum Gasteiger partial charge on any atom is 0.225 e. The quantitative estimate of drug-likeness (QED) is 0.713. The van der Waals surface area contributed by atoms with E-state index >= 15 is 0 Å². The van der Waals surface area contributed by atoms with Crippen LogP contribution in [0.5, 0.6) is 0 Å². The molecule has 2 rings (SSSR count). The summed E-state index contributed by atoms with van der Waals surface area (Å²) >= 11 is 0. The number of nitrogens with one attached hydrogen (secondary N) is 1. The van der Waals surface area contributed by atoms with Gasteiger partial charge in [-0.15, -0.1) is 0 Å². The molecule has 0 aromatic heterocycles. The first-order chi connectivity index (χ1) is 7.63. The van der Waals surface area contributed by atoms with Crippen LogP contribution < -0.4 is 5.32 Å². The molecule has 0 saturated carbocycles. The van der Waals surface area contributed by atoms with Gasteiger partial charge in [-0.1, -0.05) is 13.8 Å². The van der Waals surface area contributed by atoms with Gasteiger partial charge in [0.2, 0.25) is 5.91 Å². The van der Waals surface area contributed by atoms with Crippen molar-refractivity contribution in [3.8, 4) is 0 Å². The molecule has 0 bridgehead atoms. The number of hydrogen-bond donors (Lipinski definition) is 1. The molecule has 1 spiro atoms. The molecule has 0 aromatic carbocycles. The maximum absolute atomic E-state index is 12.0. The first-order valence-electron chi connectivity index (χ1n) is 6.26. The van der Waals surface area contributed by atoms with E-state index in [0.717, 1.165) is 39.0 Å². The largest absolute Gasteiger partial charge is 0.371 e. The molecule has 0 radical (unpaired) electrons. The highest BCUT2D eigenvalue weighted by atomic mass is 16.5. The molecular formula is C12H22N2O2. The van der Waals surface area contributed by atoms with Crippen LogP contribution in [-0.4, -0.2) is 49.2 Å². The van der Waals surface area contributed by atoms with Gasteiger partial charge in [0.15, 0.2) is 0 Å². The summed E-state index contributed by atoms with van der Waals surface area (Å²) in [6.45, 7) is 8.17. The average molecular weight is 226 g/mol. The predicted molar refractivity (Wildman–Crippen MR) is 62.2 cm³/mol. The van der Waals surface area contributed by atoms with Crippen molar-refractivity contribution in [2.24, 2.45) is 5.92 Å². The Morgan fingerprint density at radius 1 is 1.38 bits per heavy atom. The van der Waals surface area contributed by atoms with Crippen LogP contribution in [0.15, 0.2) is 0 Å². The first-order valence-corrected chi connectivity index (χ1v) is 6.26. The number of piperidine rings is 1. The lowest BCUT2D eigenvalue weighted by Crippen LogP contribution is -2.58. The van der Waals surface area contributed by atoms with Crippen LogP contribution in [0.2, 0.25) is 0 Å². The lowest BCUT2D eigenvalue weighted by molar-refractivity contribution is -0.157. The van der Waals surface area contributed by atoms with Gasteiger partial charge in [-0.05, 0) is 25.9 Å². The number of carbonyl (C=O) groups excluding carboxylic acids is 1. The molecule has 4 nitrogen and oxygen atoms in total. The Morgan fingerprint density at radius 3 is 2.69 bits per heavy atom. The van der Waals surface area contributed by atoms with Crippen molar-refractivity contribution >= 4 is 5.91 Å². The predicted octanol–water partition coefficient (Wildman–Crippen LogP) is 0.623. The summed E-state index contributed by atoms with van der Waals surface area (Å²) in [6, 6.07) is 0. The zero-order valence-corrected chi connectivity index (χ0v) is 10.3. The third-order valence-electron chi connectivity index (χ3n) is 3.57. The number of nitrogens with zero attached hydrogens (tertiary/aromatic N) is 1. The van der Waals surface area contributed by atoms with Crippen LogP contribution >= 0.6 is 0 Å². The van der Waals surface area contributed by atoms with Gasteiger partial charge in [-0.2, -0.15) is 0 Å². The van der Waals surface area contributed by atoms with Crippen molar-refractivity contribution in [2.75, 3.05) is 32.8 Å². The fourth-order valence-corrected chi connectivity index (χ4v) is 2.58. The Balaban J connectivity index is 2.00. The zero-order chi connectivity index (χ0) is 11.6. The SMILES string of the molecule is CC(C)C(=O)N1CCOC2(CCNCC2)C1. The van der Waals surface area contributed by atoms with Crippen molar-refractivity contribution in [2.45, 2.75) is 32.3 Å². The Hall–Kier alpha value is -0.610. The average Bonchev–Trinajstić information content (AvgIpc) is 2.29. The number of hydrogen-bond acceptors (Lipinski definition) is 3. The molecule has 2 saturated heterocycles. The van der Waals surface area contributed by atoms with E-state index < -0.39 is 0 Å². The van der Waals surface area contributed by atoms with Gasteiger partial charge >= 0.3 is 0 Å². The molecule has 16 heavy (non-hydrogen) atoms. The zero-order valence-electron chi connectivity index (χ0n) is 10.3. The minimum absolute atomic E-state index is 0.0615. The fraction of sp³-hybridized carbons (Fsp3) is 0.917. The van der Waals surface area contributed by atoms with Crippen molar-refractivity contribution in [3.63, 3.8) is 0 Å². The van der Waals surface area contributed by atoms with Crippen LogP contribution in [0.3, 0.4) is 0 Å². The molecule has 92 valence electrons. The third kappa shape index (κ3) is 2.38. The smallest absolute Gasteiger partial charge is 0.225 e. The summed E-state index contributed by atoms with van der Waals surface area (Å²) in [5.74, 6) is 0.359. The molecular weight excluding hydrogens is 204 g/mol. The highest BCUT2D eigenvalue weighted by Gasteiger charge is 2.39. The summed E-state index contributed by atoms with van der Waals surface area (Å²) in [4.78, 5) is 14.0. The highest BCUT2D eigenvalue weighted by molar-refractivity contribution is 5.78. The van der Waals surface area contributed by atoms with Gasteiger partial charge in [0.25, 0.3) is 0 Å². The summed E-state index contributed by atoms with van der Waals surface area (Å²) in [6.07, 6.45) is 2.05. The van der Waals surface area contributed by atoms with Crippen LogP contribution in [0.25, 0.3) is 0 Å². The Bertz CT molecular complexity index is 254. The van der Waals surface area contributed by atoms with Crippen LogP contribution in [0, 0.1) is 5.92 Å². The Labute approximate surface area is 97.3 Å². The number of amides is 1. The summed E-state index contributed by atoms with van der Waals surface area (Å²) in [5, 5.41) is 3.34. The number of morpholine rings is 1. The van der Waals surface area contributed by atoms with E-state index in [1.54, 1.807) is 0 Å². The van der Waals surface area contributed by atoms with E-state index in [2.05, 4.69) is 5.32 Å². The second-order valence-corrected chi connectivity index (χ2v) is 5.20. The third-order valence-corrected chi connectivity index (χ3v) is 3.57. The van der Waals surface area contributed by atoms with Crippen molar-refractivity contribution in [1.29, 1.82) is 0 Å².